The summed E-state index contributed by atoms with van der Waals surface area (Å²) in [5, 5.41) is 10.4. The summed E-state index contributed by atoms with van der Waals surface area (Å²) in [7, 11) is 1.02. The van der Waals surface area contributed by atoms with E-state index in [2.05, 4.69) is 20.3 Å². The molecule has 2 aromatic carbocycles. The van der Waals surface area contributed by atoms with E-state index in [1.54, 1.807) is 19.9 Å². The molecular formula is C28H27FN4O6. The number of esters is 1. The minimum absolute atomic E-state index is 0.0335. The summed E-state index contributed by atoms with van der Waals surface area (Å²) in [6, 6.07) is 12.6. The van der Waals surface area contributed by atoms with E-state index in [1.165, 1.54) is 18.2 Å². The number of Topliss-reactive ketones (excluding diaryl/α,β-unsaturated/α-hetero) is 1. The molecule has 0 unspecified atom stereocenters. The van der Waals surface area contributed by atoms with Crippen molar-refractivity contribution in [3.63, 3.8) is 0 Å². The number of halogens is 1. The standard InChI is InChI=1S/C28H27FN4O6/c1-15(2)24(25(35)26-32-31-21(39-26)13-17-9-7-8-16(3)12-17)30-20(34)14-33-19-11-6-5-10-18(19)23(29)22(27(33)36)28(37)38-4/h5-12,15,24H,13-14H2,1-4H3,(H,30,34)/t24-/m0/s1. The van der Waals surface area contributed by atoms with Crippen molar-refractivity contribution in [2.75, 3.05) is 7.11 Å². The lowest BCUT2D eigenvalue weighted by Crippen LogP contribution is -2.46. The number of para-hydroxylation sites is 1. The van der Waals surface area contributed by atoms with Crippen molar-refractivity contribution < 1.29 is 27.9 Å². The van der Waals surface area contributed by atoms with Gasteiger partial charge in [0.15, 0.2) is 11.4 Å². The molecule has 1 amide bonds. The van der Waals surface area contributed by atoms with E-state index >= 15 is 0 Å². The number of pyridine rings is 1. The summed E-state index contributed by atoms with van der Waals surface area (Å²) in [4.78, 5) is 51.5. The lowest BCUT2D eigenvalue weighted by atomic mass is 9.99. The number of hydrogen-bond acceptors (Lipinski definition) is 8. The molecule has 0 aliphatic rings. The fourth-order valence-corrected chi connectivity index (χ4v) is 4.26. The van der Waals surface area contributed by atoms with Crippen LogP contribution in [0.3, 0.4) is 0 Å². The highest BCUT2D eigenvalue weighted by molar-refractivity contribution is 5.99. The summed E-state index contributed by atoms with van der Waals surface area (Å²) < 4.78 is 26.1. The van der Waals surface area contributed by atoms with Crippen molar-refractivity contribution in [3.8, 4) is 0 Å². The highest BCUT2D eigenvalue weighted by Gasteiger charge is 2.30. The van der Waals surface area contributed by atoms with Crippen LogP contribution in [-0.2, 0) is 22.5 Å². The largest absolute Gasteiger partial charge is 0.465 e. The van der Waals surface area contributed by atoms with Crippen LogP contribution < -0.4 is 10.9 Å². The minimum Gasteiger partial charge on any atom is -0.465 e. The first-order valence-corrected chi connectivity index (χ1v) is 12.2. The van der Waals surface area contributed by atoms with E-state index in [0.717, 1.165) is 22.8 Å². The first-order chi connectivity index (χ1) is 18.6. The molecule has 39 heavy (non-hydrogen) atoms. The monoisotopic (exact) mass is 534 g/mol. The number of aromatic nitrogens is 3. The fraction of sp³-hybridized carbons (Fsp3) is 0.286. The van der Waals surface area contributed by atoms with Crippen LogP contribution in [0.15, 0.2) is 57.7 Å². The summed E-state index contributed by atoms with van der Waals surface area (Å²) >= 11 is 0. The van der Waals surface area contributed by atoms with E-state index in [-0.39, 0.29) is 28.6 Å². The molecule has 2 heterocycles. The number of carbonyl (C=O) groups is 3. The van der Waals surface area contributed by atoms with Gasteiger partial charge in [0, 0.05) is 5.39 Å². The van der Waals surface area contributed by atoms with E-state index < -0.39 is 47.2 Å². The van der Waals surface area contributed by atoms with Crippen molar-refractivity contribution in [1.29, 1.82) is 0 Å². The average molecular weight is 535 g/mol. The molecule has 11 heteroatoms. The number of fused-ring (bicyclic) bond motifs is 1. The summed E-state index contributed by atoms with van der Waals surface area (Å²) in [5.41, 5.74) is 0.269. The maximum absolute atomic E-state index is 15.0. The number of hydrogen-bond donors (Lipinski definition) is 1. The van der Waals surface area contributed by atoms with Crippen molar-refractivity contribution in [1.82, 2.24) is 20.1 Å². The number of rotatable bonds is 9. The van der Waals surface area contributed by atoms with Gasteiger partial charge in [-0.05, 0) is 30.5 Å². The third kappa shape index (κ3) is 5.77. The Bertz CT molecular complexity index is 1620. The molecule has 0 fully saturated rings. The summed E-state index contributed by atoms with van der Waals surface area (Å²) in [6.07, 6.45) is 0.337. The zero-order valence-corrected chi connectivity index (χ0v) is 21.9. The number of ether oxygens (including phenoxy) is 1. The van der Waals surface area contributed by atoms with Crippen LogP contribution >= 0.6 is 0 Å². The number of benzene rings is 2. The number of ketones is 1. The molecule has 202 valence electrons. The second kappa shape index (κ2) is 11.4. The van der Waals surface area contributed by atoms with Crippen molar-refractivity contribution in [2.45, 2.75) is 39.8 Å². The second-order valence-corrected chi connectivity index (χ2v) is 9.41. The van der Waals surface area contributed by atoms with Gasteiger partial charge in [0.05, 0.1) is 25.1 Å². The molecule has 0 radical (unpaired) electrons. The lowest BCUT2D eigenvalue weighted by molar-refractivity contribution is -0.122. The topological polar surface area (TPSA) is 133 Å². The van der Waals surface area contributed by atoms with Gasteiger partial charge in [0.2, 0.25) is 17.6 Å². The van der Waals surface area contributed by atoms with E-state index in [9.17, 15) is 23.6 Å². The van der Waals surface area contributed by atoms with Crippen LogP contribution in [-0.4, -0.2) is 45.6 Å². The Morgan fingerprint density at radius 3 is 2.54 bits per heavy atom. The first-order valence-electron chi connectivity index (χ1n) is 12.2. The Morgan fingerprint density at radius 1 is 1.10 bits per heavy atom. The fourth-order valence-electron chi connectivity index (χ4n) is 4.26. The van der Waals surface area contributed by atoms with Gasteiger partial charge < -0.3 is 14.5 Å². The number of nitrogens with one attached hydrogen (secondary N) is 1. The van der Waals surface area contributed by atoms with Crippen molar-refractivity contribution in [2.24, 2.45) is 5.92 Å². The third-order valence-electron chi connectivity index (χ3n) is 6.18. The Labute approximate surface area is 222 Å². The summed E-state index contributed by atoms with van der Waals surface area (Å²) in [5.74, 6) is -3.88. The molecule has 0 aliphatic carbocycles. The van der Waals surface area contributed by atoms with Gasteiger partial charge in [-0.15, -0.1) is 10.2 Å². The van der Waals surface area contributed by atoms with Crippen LogP contribution in [0.25, 0.3) is 10.9 Å². The highest BCUT2D eigenvalue weighted by Crippen LogP contribution is 2.20. The lowest BCUT2D eigenvalue weighted by Gasteiger charge is -2.20. The quantitative estimate of drug-likeness (QED) is 0.256. The van der Waals surface area contributed by atoms with Gasteiger partial charge in [-0.25, -0.2) is 9.18 Å². The Balaban J connectivity index is 1.57. The average Bonchev–Trinajstić information content (AvgIpc) is 3.37. The van der Waals surface area contributed by atoms with Gasteiger partial charge >= 0.3 is 5.97 Å². The van der Waals surface area contributed by atoms with Gasteiger partial charge in [0.1, 0.15) is 6.54 Å². The molecule has 0 bridgehead atoms. The normalized spacial score (nSPS) is 11.9. The molecule has 10 nitrogen and oxygen atoms in total. The zero-order valence-electron chi connectivity index (χ0n) is 21.9. The summed E-state index contributed by atoms with van der Waals surface area (Å²) in [6.45, 7) is 4.83. The molecule has 0 spiro atoms. The Morgan fingerprint density at radius 2 is 1.85 bits per heavy atom. The molecule has 1 N–H and O–H groups in total. The maximum Gasteiger partial charge on any atom is 0.346 e. The predicted molar refractivity (Wildman–Crippen MR) is 139 cm³/mol. The van der Waals surface area contributed by atoms with Gasteiger partial charge in [-0.3, -0.25) is 19.0 Å². The molecule has 0 aliphatic heterocycles. The number of aryl methyl sites for hydroxylation is 1. The van der Waals surface area contributed by atoms with Crippen LogP contribution in [0.2, 0.25) is 0 Å². The molecule has 1 atom stereocenters. The second-order valence-electron chi connectivity index (χ2n) is 9.41. The SMILES string of the molecule is COC(=O)c1c(F)c2ccccc2n(CC(=O)N[C@H](C(=O)c2nnc(Cc3cccc(C)c3)o2)C(C)C)c1=O. The van der Waals surface area contributed by atoms with Gasteiger partial charge in [0.25, 0.3) is 11.4 Å². The molecule has 0 saturated heterocycles. The van der Waals surface area contributed by atoms with Crippen molar-refractivity contribution in [3.05, 3.63) is 93.2 Å². The minimum atomic E-state index is -1.16. The van der Waals surface area contributed by atoms with Gasteiger partial charge in [-0.1, -0.05) is 55.8 Å². The smallest absolute Gasteiger partial charge is 0.346 e. The zero-order chi connectivity index (χ0) is 28.3. The Kier molecular flexibility index (Phi) is 7.99. The van der Waals surface area contributed by atoms with E-state index in [4.69, 9.17) is 4.42 Å². The van der Waals surface area contributed by atoms with Crippen LogP contribution in [0.1, 0.15) is 51.9 Å². The van der Waals surface area contributed by atoms with Gasteiger partial charge in [-0.2, -0.15) is 0 Å². The molecule has 2 aromatic heterocycles. The number of amides is 1. The first kappa shape index (κ1) is 27.4. The Hall–Kier alpha value is -4.67. The molecule has 4 aromatic rings. The van der Waals surface area contributed by atoms with Crippen molar-refractivity contribution >= 4 is 28.6 Å². The molecule has 0 saturated carbocycles. The number of methoxy groups -OCH3 is 1. The molecule has 4 rings (SSSR count). The number of carbonyl (C=O) groups excluding carboxylic acids is 3. The molecular weight excluding hydrogens is 507 g/mol. The van der Waals surface area contributed by atoms with Crippen LogP contribution in [0.4, 0.5) is 4.39 Å². The predicted octanol–water partition coefficient (Wildman–Crippen LogP) is 3.23. The third-order valence-corrected chi connectivity index (χ3v) is 6.18. The van der Waals surface area contributed by atoms with Crippen LogP contribution in [0.5, 0.6) is 0 Å². The highest BCUT2D eigenvalue weighted by atomic mass is 19.1. The van der Waals surface area contributed by atoms with Crippen LogP contribution in [0, 0.1) is 18.7 Å². The maximum atomic E-state index is 15.0. The van der Waals surface area contributed by atoms with E-state index in [0.29, 0.717) is 6.42 Å². The number of nitrogens with zero attached hydrogens (tertiary/aromatic N) is 3. The van der Waals surface area contributed by atoms with E-state index in [1.807, 2.05) is 31.2 Å².